The van der Waals surface area contributed by atoms with Gasteiger partial charge in [0.1, 0.15) is 0 Å². The lowest BCUT2D eigenvalue weighted by Crippen LogP contribution is -1.93. The van der Waals surface area contributed by atoms with E-state index in [-0.39, 0.29) is 0 Å². The van der Waals surface area contributed by atoms with E-state index < -0.39 is 0 Å². The molecule has 70 valence electrons. The second-order valence-electron chi connectivity index (χ2n) is 3.39. The Hall–Kier alpha value is -1.11. The molecule has 0 bridgehead atoms. The highest BCUT2D eigenvalue weighted by Crippen LogP contribution is 2.14. The van der Waals surface area contributed by atoms with E-state index in [1.807, 2.05) is 6.92 Å². The minimum Gasteiger partial charge on any atom is -0.258 e. The second-order valence-corrected chi connectivity index (χ2v) is 3.39. The fourth-order valence-corrected chi connectivity index (χ4v) is 1.52. The predicted octanol–water partition coefficient (Wildman–Crippen LogP) is 3.43. The number of nitrogens with zero attached hydrogens (tertiary/aromatic N) is 1. The summed E-state index contributed by atoms with van der Waals surface area (Å²) >= 11 is 0. The lowest BCUT2D eigenvalue weighted by molar-refractivity contribution is 1.09. The van der Waals surface area contributed by atoms with Gasteiger partial charge < -0.3 is 0 Å². The van der Waals surface area contributed by atoms with Crippen LogP contribution in [0.15, 0.2) is 12.1 Å². The predicted molar refractivity (Wildman–Crippen MR) is 57.8 cm³/mol. The van der Waals surface area contributed by atoms with Crippen LogP contribution in [0, 0.1) is 20.8 Å². The first-order chi connectivity index (χ1) is 6.15. The van der Waals surface area contributed by atoms with Crippen molar-refractivity contribution in [1.82, 2.24) is 4.98 Å². The summed E-state index contributed by atoms with van der Waals surface area (Å²) in [6.45, 7) is 8.38. The summed E-state index contributed by atoms with van der Waals surface area (Å²) in [5.74, 6) is 0. The number of rotatable bonds is 2. The summed E-state index contributed by atoms with van der Waals surface area (Å²) in [4.78, 5) is 4.44. The molecule has 1 aromatic heterocycles. The summed E-state index contributed by atoms with van der Waals surface area (Å²) in [5.41, 5.74) is 4.81. The maximum atomic E-state index is 4.44. The number of allylic oxidation sites excluding steroid dienone is 1. The minimum atomic E-state index is 1.08. The summed E-state index contributed by atoms with van der Waals surface area (Å²) in [6, 6.07) is 2.13. The van der Waals surface area contributed by atoms with E-state index in [0.29, 0.717) is 0 Å². The molecule has 1 heterocycles. The van der Waals surface area contributed by atoms with Gasteiger partial charge in [-0.1, -0.05) is 19.1 Å². The maximum Gasteiger partial charge on any atom is 0.0450 e. The quantitative estimate of drug-likeness (QED) is 0.671. The van der Waals surface area contributed by atoms with Crippen molar-refractivity contribution in [3.8, 4) is 0 Å². The highest BCUT2D eigenvalue weighted by molar-refractivity contribution is 5.55. The van der Waals surface area contributed by atoms with Crippen molar-refractivity contribution in [2.45, 2.75) is 34.1 Å². The average Bonchev–Trinajstić information content (AvgIpc) is 2.02. The third-order valence-electron chi connectivity index (χ3n) is 2.10. The van der Waals surface area contributed by atoms with Gasteiger partial charge in [-0.25, -0.2) is 0 Å². The van der Waals surface area contributed by atoms with Crippen molar-refractivity contribution in [3.63, 3.8) is 0 Å². The van der Waals surface area contributed by atoms with Crippen LogP contribution >= 0.6 is 0 Å². The molecule has 0 unspecified atom stereocenters. The van der Waals surface area contributed by atoms with Crippen LogP contribution in [0.3, 0.4) is 0 Å². The Balaban J connectivity index is 3.13. The fourth-order valence-electron chi connectivity index (χ4n) is 1.52. The highest BCUT2D eigenvalue weighted by Gasteiger charge is 2.00. The zero-order valence-electron chi connectivity index (χ0n) is 8.89. The van der Waals surface area contributed by atoms with E-state index in [4.69, 9.17) is 0 Å². The van der Waals surface area contributed by atoms with Crippen molar-refractivity contribution in [2.75, 3.05) is 0 Å². The minimum absolute atomic E-state index is 1.08. The summed E-state index contributed by atoms with van der Waals surface area (Å²) in [7, 11) is 0. The molecule has 1 rings (SSSR count). The zero-order valence-corrected chi connectivity index (χ0v) is 8.89. The van der Waals surface area contributed by atoms with Crippen LogP contribution < -0.4 is 0 Å². The average molecular weight is 175 g/mol. The van der Waals surface area contributed by atoms with Crippen LogP contribution in [0.2, 0.25) is 0 Å². The molecule has 0 spiro atoms. The Labute approximate surface area is 80.5 Å². The third-order valence-corrected chi connectivity index (χ3v) is 2.10. The molecule has 1 nitrogen and oxygen atoms in total. The van der Waals surface area contributed by atoms with E-state index in [1.54, 1.807) is 0 Å². The zero-order chi connectivity index (χ0) is 9.84. The molecule has 13 heavy (non-hydrogen) atoms. The van der Waals surface area contributed by atoms with Crippen molar-refractivity contribution in [1.29, 1.82) is 0 Å². The van der Waals surface area contributed by atoms with Gasteiger partial charge in [-0.3, -0.25) is 4.98 Å². The van der Waals surface area contributed by atoms with Gasteiger partial charge in [0, 0.05) is 11.4 Å². The molecular formula is C12H17N. The summed E-state index contributed by atoms with van der Waals surface area (Å²) < 4.78 is 0. The van der Waals surface area contributed by atoms with Crippen molar-refractivity contribution in [2.24, 2.45) is 0 Å². The molecule has 1 aromatic rings. The number of hydrogen-bond acceptors (Lipinski definition) is 1. The molecule has 0 fully saturated rings. The monoisotopic (exact) mass is 175 g/mol. The Morgan fingerprint density at radius 2 is 2.00 bits per heavy atom. The van der Waals surface area contributed by atoms with Gasteiger partial charge in [-0.2, -0.15) is 0 Å². The highest BCUT2D eigenvalue weighted by atomic mass is 14.7. The SMILES string of the molecule is CC/C=C\c1c(C)cc(C)nc1C. The second kappa shape index (κ2) is 4.22. The van der Waals surface area contributed by atoms with Crippen LogP contribution in [0.5, 0.6) is 0 Å². The topological polar surface area (TPSA) is 12.9 Å². The van der Waals surface area contributed by atoms with Crippen LogP contribution in [0.25, 0.3) is 6.08 Å². The molecule has 0 aliphatic carbocycles. The molecule has 0 N–H and O–H groups in total. The molecule has 0 aliphatic heterocycles. The lowest BCUT2D eigenvalue weighted by atomic mass is 10.1. The van der Waals surface area contributed by atoms with E-state index in [0.717, 1.165) is 17.8 Å². The Morgan fingerprint density at radius 1 is 1.31 bits per heavy atom. The van der Waals surface area contributed by atoms with Crippen LogP contribution in [0.1, 0.15) is 35.9 Å². The van der Waals surface area contributed by atoms with Crippen molar-refractivity contribution < 1.29 is 0 Å². The van der Waals surface area contributed by atoms with Crippen LogP contribution in [0.4, 0.5) is 0 Å². The molecule has 0 amide bonds. The van der Waals surface area contributed by atoms with Gasteiger partial charge in [-0.15, -0.1) is 0 Å². The molecule has 0 aliphatic rings. The Morgan fingerprint density at radius 3 is 2.54 bits per heavy atom. The number of hydrogen-bond donors (Lipinski definition) is 0. The molecule has 0 radical (unpaired) electrons. The number of aryl methyl sites for hydroxylation is 3. The maximum absolute atomic E-state index is 4.44. The van der Waals surface area contributed by atoms with Crippen LogP contribution in [-0.2, 0) is 0 Å². The van der Waals surface area contributed by atoms with E-state index in [1.165, 1.54) is 11.1 Å². The van der Waals surface area contributed by atoms with Crippen molar-refractivity contribution >= 4 is 6.08 Å². The molecule has 1 heteroatoms. The summed E-state index contributed by atoms with van der Waals surface area (Å²) in [5, 5.41) is 0. The molecular weight excluding hydrogens is 158 g/mol. The van der Waals surface area contributed by atoms with E-state index in [9.17, 15) is 0 Å². The van der Waals surface area contributed by atoms with E-state index >= 15 is 0 Å². The van der Waals surface area contributed by atoms with Crippen molar-refractivity contribution in [3.05, 3.63) is 34.7 Å². The normalized spacial score (nSPS) is 11.1. The van der Waals surface area contributed by atoms with Gasteiger partial charge in [0.25, 0.3) is 0 Å². The molecule has 0 saturated heterocycles. The van der Waals surface area contributed by atoms with E-state index in [2.05, 4.69) is 44.0 Å². The standard InChI is InChI=1S/C12H17N/c1-5-6-7-12-9(2)8-10(3)13-11(12)4/h6-8H,5H2,1-4H3/b7-6-. The fraction of sp³-hybridized carbons (Fsp3) is 0.417. The Kier molecular flexibility index (Phi) is 3.24. The molecule has 0 saturated carbocycles. The first kappa shape index (κ1) is 9.97. The smallest absolute Gasteiger partial charge is 0.0450 e. The number of aromatic nitrogens is 1. The van der Waals surface area contributed by atoms with Gasteiger partial charge in [0.15, 0.2) is 0 Å². The van der Waals surface area contributed by atoms with Gasteiger partial charge in [0.05, 0.1) is 0 Å². The first-order valence-electron chi connectivity index (χ1n) is 4.76. The molecule has 0 atom stereocenters. The Bertz CT molecular complexity index is 301. The van der Waals surface area contributed by atoms with Gasteiger partial charge in [0.2, 0.25) is 0 Å². The summed E-state index contributed by atoms with van der Waals surface area (Å²) in [6.07, 6.45) is 5.41. The molecule has 0 aromatic carbocycles. The van der Waals surface area contributed by atoms with Crippen LogP contribution in [-0.4, -0.2) is 4.98 Å². The lowest BCUT2D eigenvalue weighted by Gasteiger charge is -2.05. The number of pyridine rings is 1. The largest absolute Gasteiger partial charge is 0.258 e. The van der Waals surface area contributed by atoms with Gasteiger partial charge >= 0.3 is 0 Å². The van der Waals surface area contributed by atoms with Gasteiger partial charge in [-0.05, 0) is 44.4 Å². The third kappa shape index (κ3) is 2.41. The first-order valence-corrected chi connectivity index (χ1v) is 4.76.